The van der Waals surface area contributed by atoms with E-state index in [1.807, 2.05) is 4.90 Å². The smallest absolute Gasteiger partial charge is 0.240 e. The summed E-state index contributed by atoms with van der Waals surface area (Å²) >= 11 is 0. The molecule has 3 heterocycles. The van der Waals surface area contributed by atoms with E-state index in [2.05, 4.69) is 16.8 Å². The van der Waals surface area contributed by atoms with E-state index in [1.54, 1.807) is 0 Å². The number of amides is 1. The molecule has 3 aliphatic rings. The second-order valence-corrected chi connectivity index (χ2v) is 6.97. The third kappa shape index (κ3) is 4.66. The fourth-order valence-corrected chi connectivity index (χ4v) is 3.78. The SMILES string of the molecule is CN1CCCC1C(=O)N1CCN(CCOC2CCCCO2)CC1. The number of carbonyl (C=O) groups excluding carboxylic acids is 1. The molecule has 0 bridgehead atoms. The zero-order chi connectivity index (χ0) is 16.1. The van der Waals surface area contributed by atoms with Crippen molar-refractivity contribution in [3.05, 3.63) is 0 Å². The number of ether oxygens (including phenoxy) is 2. The van der Waals surface area contributed by atoms with Crippen LogP contribution in [0, 0.1) is 0 Å². The zero-order valence-corrected chi connectivity index (χ0v) is 14.4. The summed E-state index contributed by atoms with van der Waals surface area (Å²) in [5.41, 5.74) is 0. The van der Waals surface area contributed by atoms with Gasteiger partial charge in [-0.15, -0.1) is 0 Å². The first-order valence-electron chi connectivity index (χ1n) is 9.18. The Morgan fingerprint density at radius 2 is 1.91 bits per heavy atom. The Labute approximate surface area is 139 Å². The largest absolute Gasteiger partial charge is 0.353 e. The first-order chi connectivity index (χ1) is 11.2. The third-order valence-corrected chi connectivity index (χ3v) is 5.34. The summed E-state index contributed by atoms with van der Waals surface area (Å²) < 4.78 is 11.4. The van der Waals surface area contributed by atoms with E-state index in [-0.39, 0.29) is 12.3 Å². The maximum Gasteiger partial charge on any atom is 0.240 e. The molecule has 0 saturated carbocycles. The quantitative estimate of drug-likeness (QED) is 0.747. The Bertz CT molecular complexity index is 379. The predicted octanol–water partition coefficient (Wildman–Crippen LogP) is 0.768. The van der Waals surface area contributed by atoms with Crippen LogP contribution in [0.15, 0.2) is 0 Å². The lowest BCUT2D eigenvalue weighted by atomic mass is 10.1. The molecule has 0 N–H and O–H groups in total. The normalized spacial score (nSPS) is 30.7. The molecular formula is C17H31N3O3. The molecule has 0 radical (unpaired) electrons. The van der Waals surface area contributed by atoms with E-state index >= 15 is 0 Å². The molecule has 3 rings (SSSR count). The first kappa shape index (κ1) is 17.1. The minimum atomic E-state index is 0.00419. The van der Waals surface area contributed by atoms with Crippen LogP contribution in [0.5, 0.6) is 0 Å². The summed E-state index contributed by atoms with van der Waals surface area (Å²) in [6.45, 7) is 7.16. The van der Waals surface area contributed by atoms with Crippen molar-refractivity contribution in [2.45, 2.75) is 44.4 Å². The van der Waals surface area contributed by atoms with Crippen LogP contribution in [-0.2, 0) is 14.3 Å². The number of rotatable bonds is 5. The van der Waals surface area contributed by atoms with Gasteiger partial charge in [0.1, 0.15) is 0 Å². The van der Waals surface area contributed by atoms with Gasteiger partial charge in [0, 0.05) is 39.3 Å². The Kier molecular flexibility index (Phi) is 6.28. The summed E-state index contributed by atoms with van der Waals surface area (Å²) in [5, 5.41) is 0. The number of carbonyl (C=O) groups is 1. The molecule has 0 aromatic rings. The average molecular weight is 325 g/mol. The molecule has 0 aliphatic carbocycles. The first-order valence-corrected chi connectivity index (χ1v) is 9.18. The minimum absolute atomic E-state index is 0.00419. The highest BCUT2D eigenvalue weighted by Gasteiger charge is 2.32. The van der Waals surface area contributed by atoms with Gasteiger partial charge in [-0.05, 0) is 45.7 Å². The highest BCUT2D eigenvalue weighted by atomic mass is 16.7. The molecule has 2 atom stereocenters. The van der Waals surface area contributed by atoms with E-state index in [9.17, 15) is 4.79 Å². The van der Waals surface area contributed by atoms with Crippen molar-refractivity contribution in [2.75, 3.05) is 59.5 Å². The summed E-state index contributed by atoms with van der Waals surface area (Å²) in [7, 11) is 2.07. The Morgan fingerprint density at radius 1 is 1.09 bits per heavy atom. The Balaban J connectivity index is 1.32. The number of hydrogen-bond acceptors (Lipinski definition) is 5. The number of nitrogens with zero attached hydrogens (tertiary/aromatic N) is 3. The van der Waals surface area contributed by atoms with E-state index in [0.717, 1.165) is 78.2 Å². The van der Waals surface area contributed by atoms with Gasteiger partial charge in [0.2, 0.25) is 5.91 Å². The highest BCUT2D eigenvalue weighted by Crippen LogP contribution is 2.18. The molecule has 1 amide bonds. The average Bonchev–Trinajstić information content (AvgIpc) is 3.02. The molecule has 132 valence electrons. The van der Waals surface area contributed by atoms with Crippen LogP contribution in [0.25, 0.3) is 0 Å². The van der Waals surface area contributed by atoms with Crippen molar-refractivity contribution in [3.63, 3.8) is 0 Å². The van der Waals surface area contributed by atoms with Gasteiger partial charge in [0.25, 0.3) is 0 Å². The van der Waals surface area contributed by atoms with Crippen LogP contribution < -0.4 is 0 Å². The van der Waals surface area contributed by atoms with E-state index in [1.165, 1.54) is 6.42 Å². The summed E-state index contributed by atoms with van der Waals surface area (Å²) in [4.78, 5) is 19.2. The van der Waals surface area contributed by atoms with Gasteiger partial charge in [-0.25, -0.2) is 0 Å². The summed E-state index contributed by atoms with van der Waals surface area (Å²) in [6.07, 6.45) is 5.56. The fraction of sp³-hybridized carbons (Fsp3) is 0.941. The van der Waals surface area contributed by atoms with Crippen molar-refractivity contribution >= 4 is 5.91 Å². The number of hydrogen-bond donors (Lipinski definition) is 0. The molecule has 23 heavy (non-hydrogen) atoms. The van der Waals surface area contributed by atoms with Crippen LogP contribution in [0.2, 0.25) is 0 Å². The molecule has 3 aliphatic heterocycles. The van der Waals surface area contributed by atoms with Crippen LogP contribution in [0.3, 0.4) is 0 Å². The van der Waals surface area contributed by atoms with Crippen molar-refractivity contribution in [3.8, 4) is 0 Å². The summed E-state index contributed by atoms with van der Waals surface area (Å²) in [6, 6.07) is 0.119. The third-order valence-electron chi connectivity index (χ3n) is 5.34. The highest BCUT2D eigenvalue weighted by molar-refractivity contribution is 5.82. The van der Waals surface area contributed by atoms with Gasteiger partial charge in [-0.3, -0.25) is 14.6 Å². The van der Waals surface area contributed by atoms with Crippen molar-refractivity contribution in [1.82, 2.24) is 14.7 Å². The van der Waals surface area contributed by atoms with Crippen LogP contribution in [0.1, 0.15) is 32.1 Å². The molecule has 6 heteroatoms. The molecular weight excluding hydrogens is 294 g/mol. The predicted molar refractivity (Wildman–Crippen MR) is 88.2 cm³/mol. The second kappa shape index (κ2) is 8.42. The van der Waals surface area contributed by atoms with Crippen LogP contribution in [-0.4, -0.2) is 92.5 Å². The van der Waals surface area contributed by atoms with Gasteiger partial charge in [0.15, 0.2) is 6.29 Å². The van der Waals surface area contributed by atoms with Gasteiger partial charge in [0.05, 0.1) is 12.6 Å². The lowest BCUT2D eigenvalue weighted by Gasteiger charge is -2.37. The molecule has 0 spiro atoms. The maximum atomic E-state index is 12.6. The molecule has 0 aromatic carbocycles. The van der Waals surface area contributed by atoms with E-state index in [0.29, 0.717) is 5.91 Å². The van der Waals surface area contributed by atoms with Gasteiger partial charge in [-0.2, -0.15) is 0 Å². The maximum absolute atomic E-state index is 12.6. The van der Waals surface area contributed by atoms with E-state index < -0.39 is 0 Å². The Hall–Kier alpha value is -0.690. The minimum Gasteiger partial charge on any atom is -0.353 e. The number of likely N-dealkylation sites (tertiary alicyclic amines) is 1. The number of piperazine rings is 1. The van der Waals surface area contributed by atoms with Gasteiger partial charge >= 0.3 is 0 Å². The summed E-state index contributed by atoms with van der Waals surface area (Å²) in [5.74, 6) is 0.330. The van der Waals surface area contributed by atoms with Crippen molar-refractivity contribution in [2.24, 2.45) is 0 Å². The Morgan fingerprint density at radius 3 is 2.57 bits per heavy atom. The molecule has 3 fully saturated rings. The van der Waals surface area contributed by atoms with Crippen molar-refractivity contribution < 1.29 is 14.3 Å². The van der Waals surface area contributed by atoms with Crippen LogP contribution >= 0.6 is 0 Å². The molecule has 0 aromatic heterocycles. The lowest BCUT2D eigenvalue weighted by molar-refractivity contribution is -0.164. The lowest BCUT2D eigenvalue weighted by Crippen LogP contribution is -2.53. The topological polar surface area (TPSA) is 45.3 Å². The molecule has 3 saturated heterocycles. The van der Waals surface area contributed by atoms with Gasteiger partial charge < -0.3 is 14.4 Å². The monoisotopic (exact) mass is 325 g/mol. The molecule has 6 nitrogen and oxygen atoms in total. The fourth-order valence-electron chi connectivity index (χ4n) is 3.78. The standard InChI is InChI=1S/C17H31N3O3/c1-18-7-4-5-15(18)17(21)20-10-8-19(9-11-20)12-14-23-16-6-2-3-13-22-16/h15-16H,2-14H2,1H3. The van der Waals surface area contributed by atoms with Crippen LogP contribution in [0.4, 0.5) is 0 Å². The number of likely N-dealkylation sites (N-methyl/N-ethyl adjacent to an activating group) is 1. The zero-order valence-electron chi connectivity index (χ0n) is 14.4. The van der Waals surface area contributed by atoms with Crippen molar-refractivity contribution in [1.29, 1.82) is 0 Å². The van der Waals surface area contributed by atoms with E-state index in [4.69, 9.17) is 9.47 Å². The van der Waals surface area contributed by atoms with Gasteiger partial charge in [-0.1, -0.05) is 0 Å². The molecule has 2 unspecified atom stereocenters. The second-order valence-electron chi connectivity index (χ2n) is 6.97.